The number of rotatable bonds is 2. The monoisotopic (exact) mass is 285 g/mol. The minimum atomic E-state index is -0.0487. The largest absolute Gasteiger partial charge is 0.441 e. The Morgan fingerprint density at radius 2 is 2.14 bits per heavy atom. The van der Waals surface area contributed by atoms with Crippen LogP contribution in [0.15, 0.2) is 34.7 Å². The van der Waals surface area contributed by atoms with Crippen LogP contribution in [0.1, 0.15) is 23.2 Å². The molecule has 2 aromatic rings. The van der Waals surface area contributed by atoms with E-state index in [1.165, 1.54) is 0 Å². The van der Waals surface area contributed by atoms with Gasteiger partial charge in [0.2, 0.25) is 5.89 Å². The standard InChI is InChI=1S/C16H19N3O2/c1-11-10-17-8-9-19(11)16(20)14-12(2)21-15(18-14)13-6-4-3-5-7-13/h3-7,11,17H,8-10H2,1-2H3/t11-/m0/s1. The highest BCUT2D eigenvalue weighted by molar-refractivity contribution is 5.94. The molecule has 0 bridgehead atoms. The van der Waals surface area contributed by atoms with Crippen molar-refractivity contribution in [3.8, 4) is 11.5 Å². The van der Waals surface area contributed by atoms with E-state index in [1.54, 1.807) is 6.92 Å². The van der Waals surface area contributed by atoms with Gasteiger partial charge < -0.3 is 14.6 Å². The molecule has 3 rings (SSSR count). The smallest absolute Gasteiger partial charge is 0.276 e. The quantitative estimate of drug-likeness (QED) is 0.918. The molecular weight excluding hydrogens is 266 g/mol. The van der Waals surface area contributed by atoms with Crippen molar-refractivity contribution in [2.45, 2.75) is 19.9 Å². The van der Waals surface area contributed by atoms with E-state index in [4.69, 9.17) is 4.42 Å². The van der Waals surface area contributed by atoms with Gasteiger partial charge >= 0.3 is 0 Å². The third-order valence-electron chi connectivity index (χ3n) is 3.78. The first kappa shape index (κ1) is 13.8. The second kappa shape index (κ2) is 5.69. The van der Waals surface area contributed by atoms with E-state index in [0.717, 1.165) is 18.7 Å². The minimum absolute atomic E-state index is 0.0487. The number of oxazole rings is 1. The zero-order valence-electron chi connectivity index (χ0n) is 12.3. The molecule has 0 aliphatic carbocycles. The van der Waals surface area contributed by atoms with E-state index in [9.17, 15) is 4.79 Å². The zero-order valence-corrected chi connectivity index (χ0v) is 12.3. The van der Waals surface area contributed by atoms with Crippen molar-refractivity contribution in [1.29, 1.82) is 0 Å². The van der Waals surface area contributed by atoms with Crippen molar-refractivity contribution < 1.29 is 9.21 Å². The molecular formula is C16H19N3O2. The summed E-state index contributed by atoms with van der Waals surface area (Å²) in [6.07, 6.45) is 0. The molecule has 1 aromatic heterocycles. The first-order valence-electron chi connectivity index (χ1n) is 7.21. The lowest BCUT2D eigenvalue weighted by Crippen LogP contribution is -2.52. The van der Waals surface area contributed by atoms with Gasteiger partial charge in [-0.2, -0.15) is 0 Å². The molecule has 1 aliphatic heterocycles. The highest BCUT2D eigenvalue weighted by Gasteiger charge is 2.28. The molecule has 1 fully saturated rings. The Balaban J connectivity index is 1.89. The highest BCUT2D eigenvalue weighted by Crippen LogP contribution is 2.22. The summed E-state index contributed by atoms with van der Waals surface area (Å²) in [5.41, 5.74) is 1.30. The molecule has 1 atom stereocenters. The fraction of sp³-hybridized carbons (Fsp3) is 0.375. The maximum absolute atomic E-state index is 12.7. The molecule has 0 spiro atoms. The average Bonchev–Trinajstić information content (AvgIpc) is 2.90. The second-order valence-electron chi connectivity index (χ2n) is 5.34. The molecule has 110 valence electrons. The van der Waals surface area contributed by atoms with Gasteiger partial charge in [0.15, 0.2) is 5.69 Å². The maximum Gasteiger partial charge on any atom is 0.276 e. The van der Waals surface area contributed by atoms with Crippen LogP contribution in [0.3, 0.4) is 0 Å². The van der Waals surface area contributed by atoms with Crippen molar-refractivity contribution in [3.05, 3.63) is 41.8 Å². The number of hydrogen-bond donors (Lipinski definition) is 1. The van der Waals surface area contributed by atoms with E-state index < -0.39 is 0 Å². The van der Waals surface area contributed by atoms with Gasteiger partial charge in [-0.25, -0.2) is 4.98 Å². The number of piperazine rings is 1. The summed E-state index contributed by atoms with van der Waals surface area (Å²) in [6.45, 7) is 6.16. The third kappa shape index (κ3) is 2.69. The first-order chi connectivity index (χ1) is 10.2. The van der Waals surface area contributed by atoms with Crippen molar-refractivity contribution in [1.82, 2.24) is 15.2 Å². The summed E-state index contributed by atoms with van der Waals surface area (Å²) in [6, 6.07) is 9.81. The lowest BCUT2D eigenvalue weighted by molar-refractivity contribution is 0.0648. The number of amides is 1. The van der Waals surface area contributed by atoms with Crippen molar-refractivity contribution in [3.63, 3.8) is 0 Å². The van der Waals surface area contributed by atoms with Gasteiger partial charge in [0.05, 0.1) is 0 Å². The van der Waals surface area contributed by atoms with Crippen LogP contribution >= 0.6 is 0 Å². The van der Waals surface area contributed by atoms with E-state index in [1.807, 2.05) is 42.2 Å². The molecule has 5 heteroatoms. The van der Waals surface area contributed by atoms with Gasteiger partial charge in [-0.3, -0.25) is 4.79 Å². The molecule has 1 saturated heterocycles. The second-order valence-corrected chi connectivity index (χ2v) is 5.34. The Morgan fingerprint density at radius 3 is 2.86 bits per heavy atom. The summed E-state index contributed by atoms with van der Waals surface area (Å²) in [5, 5.41) is 3.28. The summed E-state index contributed by atoms with van der Waals surface area (Å²) in [7, 11) is 0. The highest BCUT2D eigenvalue weighted by atomic mass is 16.4. The van der Waals surface area contributed by atoms with E-state index in [2.05, 4.69) is 10.3 Å². The van der Waals surface area contributed by atoms with E-state index in [-0.39, 0.29) is 11.9 Å². The fourth-order valence-electron chi connectivity index (χ4n) is 2.58. The van der Waals surface area contributed by atoms with E-state index >= 15 is 0 Å². The van der Waals surface area contributed by atoms with Crippen LogP contribution in [0.4, 0.5) is 0 Å². The molecule has 21 heavy (non-hydrogen) atoms. The van der Waals surface area contributed by atoms with Crippen LogP contribution in [0.25, 0.3) is 11.5 Å². The van der Waals surface area contributed by atoms with Gasteiger partial charge in [0.1, 0.15) is 5.76 Å². The number of aromatic nitrogens is 1. The number of carbonyl (C=O) groups is 1. The Hall–Kier alpha value is -2.14. The Bertz CT molecular complexity index is 636. The topological polar surface area (TPSA) is 58.4 Å². The lowest BCUT2D eigenvalue weighted by atomic mass is 10.2. The van der Waals surface area contributed by atoms with Crippen LogP contribution in [0, 0.1) is 6.92 Å². The average molecular weight is 285 g/mol. The van der Waals surface area contributed by atoms with Crippen LogP contribution in [-0.2, 0) is 0 Å². The van der Waals surface area contributed by atoms with Crippen molar-refractivity contribution in [2.75, 3.05) is 19.6 Å². The number of hydrogen-bond acceptors (Lipinski definition) is 4. The summed E-state index contributed by atoms with van der Waals surface area (Å²) >= 11 is 0. The fourth-order valence-corrected chi connectivity index (χ4v) is 2.58. The number of carbonyl (C=O) groups excluding carboxylic acids is 1. The predicted octanol–water partition coefficient (Wildman–Crippen LogP) is 2.08. The molecule has 0 saturated carbocycles. The summed E-state index contributed by atoms with van der Waals surface area (Å²) in [4.78, 5) is 18.9. The van der Waals surface area contributed by atoms with Gasteiger partial charge in [0.25, 0.3) is 5.91 Å². The van der Waals surface area contributed by atoms with Gasteiger partial charge in [-0.1, -0.05) is 18.2 Å². The summed E-state index contributed by atoms with van der Waals surface area (Å²) < 4.78 is 5.67. The molecule has 0 radical (unpaired) electrons. The first-order valence-corrected chi connectivity index (χ1v) is 7.21. The maximum atomic E-state index is 12.7. The van der Waals surface area contributed by atoms with Gasteiger partial charge in [0, 0.05) is 31.2 Å². The SMILES string of the molecule is Cc1oc(-c2ccccc2)nc1C(=O)N1CCNC[C@@H]1C. The summed E-state index contributed by atoms with van der Waals surface area (Å²) in [5.74, 6) is 1.02. The molecule has 1 aromatic carbocycles. The van der Waals surface area contributed by atoms with Crippen LogP contribution < -0.4 is 5.32 Å². The zero-order chi connectivity index (χ0) is 14.8. The Labute approximate surface area is 124 Å². The molecule has 2 heterocycles. The molecule has 1 N–H and O–H groups in total. The minimum Gasteiger partial charge on any atom is -0.441 e. The van der Waals surface area contributed by atoms with Crippen LogP contribution in [0.2, 0.25) is 0 Å². The predicted molar refractivity (Wildman–Crippen MR) is 80.0 cm³/mol. The Morgan fingerprint density at radius 1 is 1.38 bits per heavy atom. The van der Waals surface area contributed by atoms with Gasteiger partial charge in [-0.05, 0) is 26.0 Å². The molecule has 1 amide bonds. The molecule has 1 aliphatic rings. The third-order valence-corrected chi connectivity index (χ3v) is 3.78. The van der Waals surface area contributed by atoms with Crippen LogP contribution in [0.5, 0.6) is 0 Å². The number of nitrogens with one attached hydrogen (secondary N) is 1. The number of nitrogens with zero attached hydrogens (tertiary/aromatic N) is 2. The Kier molecular flexibility index (Phi) is 3.75. The van der Waals surface area contributed by atoms with Crippen LogP contribution in [-0.4, -0.2) is 41.5 Å². The number of aryl methyl sites for hydroxylation is 1. The van der Waals surface area contributed by atoms with Gasteiger partial charge in [-0.15, -0.1) is 0 Å². The number of benzene rings is 1. The normalized spacial score (nSPS) is 18.8. The molecule has 5 nitrogen and oxygen atoms in total. The van der Waals surface area contributed by atoms with E-state index in [0.29, 0.717) is 23.9 Å². The molecule has 0 unspecified atom stereocenters. The lowest BCUT2D eigenvalue weighted by Gasteiger charge is -2.33. The van der Waals surface area contributed by atoms with Crippen molar-refractivity contribution >= 4 is 5.91 Å². The van der Waals surface area contributed by atoms with Crippen molar-refractivity contribution in [2.24, 2.45) is 0 Å².